The molecule has 2 aliphatic rings. The Labute approximate surface area is 117 Å². The van der Waals surface area contributed by atoms with Crippen molar-refractivity contribution in [3.05, 3.63) is 17.0 Å². The number of nitrogens with zero attached hydrogens (tertiary/aromatic N) is 4. The van der Waals surface area contributed by atoms with Crippen LogP contribution in [0.25, 0.3) is 0 Å². The fourth-order valence-electron chi connectivity index (χ4n) is 2.42. The summed E-state index contributed by atoms with van der Waals surface area (Å²) in [6, 6.07) is 4.51. The average molecular weight is 279 g/mol. The topological polar surface area (TPSA) is 62.0 Å². The van der Waals surface area contributed by atoms with Crippen LogP contribution in [0.2, 0.25) is 5.28 Å². The van der Waals surface area contributed by atoms with Crippen molar-refractivity contribution in [3.63, 3.8) is 0 Å². The molecular formula is C13H15ClN4O. The zero-order chi connectivity index (χ0) is 13.5. The van der Waals surface area contributed by atoms with Crippen molar-refractivity contribution in [3.8, 4) is 6.07 Å². The summed E-state index contributed by atoms with van der Waals surface area (Å²) in [5.74, 6) is 0.798. The van der Waals surface area contributed by atoms with Gasteiger partial charge in [-0.3, -0.25) is 0 Å². The van der Waals surface area contributed by atoms with Crippen LogP contribution in [0.1, 0.15) is 25.5 Å². The van der Waals surface area contributed by atoms with E-state index in [1.165, 1.54) is 0 Å². The molecular weight excluding hydrogens is 264 g/mol. The molecule has 0 aromatic carbocycles. The van der Waals surface area contributed by atoms with Crippen molar-refractivity contribution in [2.45, 2.75) is 31.2 Å². The Morgan fingerprint density at radius 3 is 2.95 bits per heavy atom. The largest absolute Gasteiger partial charge is 0.377 e. The molecule has 1 unspecified atom stereocenters. The van der Waals surface area contributed by atoms with Crippen molar-refractivity contribution in [2.75, 3.05) is 24.7 Å². The standard InChI is InChI=1S/C13H15ClN4O/c1-9-7-19-5-4-18(9)11-6-10(16-12(14)17-11)13(8-15)2-3-13/h6,9H,2-5,7H2,1H3. The molecule has 5 nitrogen and oxygen atoms in total. The second-order valence-electron chi connectivity index (χ2n) is 5.19. The van der Waals surface area contributed by atoms with E-state index in [9.17, 15) is 5.26 Å². The Hall–Kier alpha value is -1.38. The monoisotopic (exact) mass is 278 g/mol. The van der Waals surface area contributed by atoms with Crippen molar-refractivity contribution >= 4 is 17.4 Å². The number of aromatic nitrogens is 2. The molecule has 1 aliphatic carbocycles. The minimum atomic E-state index is -0.434. The zero-order valence-electron chi connectivity index (χ0n) is 10.8. The van der Waals surface area contributed by atoms with E-state index in [0.29, 0.717) is 13.2 Å². The molecule has 0 bridgehead atoms. The SMILES string of the molecule is CC1COCCN1c1cc(C2(C#N)CC2)nc(Cl)n1. The fraction of sp³-hybridized carbons (Fsp3) is 0.615. The molecule has 1 aromatic heterocycles. The second kappa shape index (κ2) is 4.62. The Balaban J connectivity index is 1.96. The van der Waals surface area contributed by atoms with Gasteiger partial charge in [0.25, 0.3) is 0 Å². The van der Waals surface area contributed by atoms with Gasteiger partial charge >= 0.3 is 0 Å². The summed E-state index contributed by atoms with van der Waals surface area (Å²) in [4.78, 5) is 10.7. The van der Waals surface area contributed by atoms with Crippen LogP contribution < -0.4 is 4.90 Å². The Morgan fingerprint density at radius 1 is 1.53 bits per heavy atom. The summed E-state index contributed by atoms with van der Waals surface area (Å²) >= 11 is 6.02. The first-order valence-corrected chi connectivity index (χ1v) is 6.83. The quantitative estimate of drug-likeness (QED) is 0.774. The van der Waals surface area contributed by atoms with Gasteiger partial charge in [-0.2, -0.15) is 5.26 Å². The molecule has 2 heterocycles. The highest BCUT2D eigenvalue weighted by Gasteiger charge is 2.47. The van der Waals surface area contributed by atoms with Gasteiger partial charge in [-0.15, -0.1) is 0 Å². The number of morpholine rings is 1. The maximum atomic E-state index is 9.27. The van der Waals surface area contributed by atoms with Crippen LogP contribution in [0, 0.1) is 11.3 Å². The third-order valence-electron chi connectivity index (χ3n) is 3.80. The van der Waals surface area contributed by atoms with E-state index in [2.05, 4.69) is 27.9 Å². The number of anilines is 1. The van der Waals surface area contributed by atoms with Crippen molar-refractivity contribution in [1.82, 2.24) is 9.97 Å². The van der Waals surface area contributed by atoms with E-state index in [1.54, 1.807) is 0 Å². The van der Waals surface area contributed by atoms with Gasteiger partial charge in [0.1, 0.15) is 5.82 Å². The van der Waals surface area contributed by atoms with Crippen LogP contribution in [-0.2, 0) is 10.2 Å². The minimum Gasteiger partial charge on any atom is -0.377 e. The molecule has 1 saturated carbocycles. The molecule has 2 fully saturated rings. The molecule has 1 aromatic rings. The maximum Gasteiger partial charge on any atom is 0.224 e. The first-order chi connectivity index (χ1) is 9.14. The van der Waals surface area contributed by atoms with Gasteiger partial charge < -0.3 is 9.64 Å². The van der Waals surface area contributed by atoms with E-state index in [1.807, 2.05) is 6.07 Å². The van der Waals surface area contributed by atoms with Crippen LogP contribution in [0.3, 0.4) is 0 Å². The highest BCUT2D eigenvalue weighted by Crippen LogP contribution is 2.47. The lowest BCUT2D eigenvalue weighted by Crippen LogP contribution is -2.44. The van der Waals surface area contributed by atoms with E-state index in [4.69, 9.17) is 16.3 Å². The molecule has 0 N–H and O–H groups in total. The first kappa shape index (κ1) is 12.6. The van der Waals surface area contributed by atoms with Crippen LogP contribution in [0.15, 0.2) is 6.07 Å². The molecule has 1 saturated heterocycles. The average Bonchev–Trinajstić information content (AvgIpc) is 3.19. The van der Waals surface area contributed by atoms with Gasteiger partial charge in [0, 0.05) is 12.6 Å². The fourth-order valence-corrected chi connectivity index (χ4v) is 2.59. The molecule has 1 aliphatic heterocycles. The second-order valence-corrected chi connectivity index (χ2v) is 5.53. The van der Waals surface area contributed by atoms with Gasteiger partial charge in [0.15, 0.2) is 0 Å². The van der Waals surface area contributed by atoms with Gasteiger partial charge in [0.05, 0.1) is 36.4 Å². The predicted octanol–water partition coefficient (Wildman–Crippen LogP) is 1.91. The number of rotatable bonds is 2. The van der Waals surface area contributed by atoms with Crippen LogP contribution >= 0.6 is 11.6 Å². The minimum absolute atomic E-state index is 0.215. The van der Waals surface area contributed by atoms with Crippen LogP contribution in [0.5, 0.6) is 0 Å². The lowest BCUT2D eigenvalue weighted by atomic mass is 10.0. The Morgan fingerprint density at radius 2 is 2.32 bits per heavy atom. The number of ether oxygens (including phenoxy) is 1. The molecule has 1 atom stereocenters. The van der Waals surface area contributed by atoms with Crippen LogP contribution in [0.4, 0.5) is 5.82 Å². The van der Waals surface area contributed by atoms with E-state index < -0.39 is 5.41 Å². The highest BCUT2D eigenvalue weighted by atomic mass is 35.5. The summed E-state index contributed by atoms with van der Waals surface area (Å²) in [6.07, 6.45) is 1.71. The summed E-state index contributed by atoms with van der Waals surface area (Å²) in [7, 11) is 0. The number of hydrogen-bond acceptors (Lipinski definition) is 5. The van der Waals surface area contributed by atoms with Gasteiger partial charge in [0.2, 0.25) is 5.28 Å². The Bertz CT molecular complexity index is 538. The van der Waals surface area contributed by atoms with Crippen LogP contribution in [-0.4, -0.2) is 35.8 Å². The predicted molar refractivity (Wildman–Crippen MR) is 71.2 cm³/mol. The van der Waals surface area contributed by atoms with E-state index in [0.717, 1.165) is 30.9 Å². The summed E-state index contributed by atoms with van der Waals surface area (Å²) in [5, 5.41) is 9.48. The zero-order valence-corrected chi connectivity index (χ0v) is 11.5. The molecule has 3 rings (SSSR count). The maximum absolute atomic E-state index is 9.27. The smallest absolute Gasteiger partial charge is 0.224 e. The van der Waals surface area contributed by atoms with Gasteiger partial charge in [-0.25, -0.2) is 9.97 Å². The lowest BCUT2D eigenvalue weighted by Gasteiger charge is -2.34. The first-order valence-electron chi connectivity index (χ1n) is 6.45. The molecule has 0 amide bonds. The summed E-state index contributed by atoms with van der Waals surface area (Å²) < 4.78 is 5.42. The van der Waals surface area contributed by atoms with E-state index in [-0.39, 0.29) is 11.3 Å². The summed E-state index contributed by atoms with van der Waals surface area (Å²) in [6.45, 7) is 4.24. The third-order valence-corrected chi connectivity index (χ3v) is 3.97. The molecule has 6 heteroatoms. The number of halogens is 1. The van der Waals surface area contributed by atoms with E-state index >= 15 is 0 Å². The lowest BCUT2D eigenvalue weighted by molar-refractivity contribution is 0.0985. The molecule has 0 spiro atoms. The number of nitriles is 1. The van der Waals surface area contributed by atoms with Crippen molar-refractivity contribution in [1.29, 1.82) is 5.26 Å². The third kappa shape index (κ3) is 2.26. The highest BCUT2D eigenvalue weighted by molar-refractivity contribution is 6.28. The molecule has 100 valence electrons. The number of hydrogen-bond donors (Lipinski definition) is 0. The molecule has 19 heavy (non-hydrogen) atoms. The summed E-state index contributed by atoms with van der Waals surface area (Å²) in [5.41, 5.74) is 0.320. The molecule has 0 radical (unpaired) electrons. The Kier molecular flexibility index (Phi) is 3.08. The van der Waals surface area contributed by atoms with Gasteiger partial charge in [-0.1, -0.05) is 0 Å². The van der Waals surface area contributed by atoms with Crippen molar-refractivity contribution in [2.24, 2.45) is 0 Å². The normalized spacial score (nSPS) is 24.9. The van der Waals surface area contributed by atoms with Crippen molar-refractivity contribution < 1.29 is 4.74 Å². The van der Waals surface area contributed by atoms with Gasteiger partial charge in [-0.05, 0) is 31.4 Å².